The van der Waals surface area contributed by atoms with Crippen molar-refractivity contribution in [2.75, 3.05) is 31.6 Å². The predicted octanol–water partition coefficient (Wildman–Crippen LogP) is 6.55. The molecule has 1 aliphatic heterocycles. The predicted molar refractivity (Wildman–Crippen MR) is 192 cm³/mol. The molecule has 3 heterocycles. The molecule has 51 heavy (non-hydrogen) atoms. The number of likely N-dealkylation sites (tertiary alicyclic amines) is 1. The number of carbonyl (C=O) groups is 2. The van der Waals surface area contributed by atoms with Gasteiger partial charge in [-0.1, -0.05) is 12.1 Å². The van der Waals surface area contributed by atoms with Crippen molar-refractivity contribution in [1.29, 1.82) is 0 Å². The Labute approximate surface area is 300 Å². The van der Waals surface area contributed by atoms with Crippen molar-refractivity contribution in [2.45, 2.75) is 120 Å². The second-order valence-corrected chi connectivity index (χ2v) is 16.6. The number of rotatable bonds is 9. The fourth-order valence-corrected chi connectivity index (χ4v) is 9.50. The molecule has 1 saturated heterocycles. The molecule has 272 valence electrons. The summed E-state index contributed by atoms with van der Waals surface area (Å²) in [7, 11) is 1.73. The topological polar surface area (TPSA) is 123 Å². The summed E-state index contributed by atoms with van der Waals surface area (Å²) >= 11 is 0. The van der Waals surface area contributed by atoms with Crippen molar-refractivity contribution < 1.29 is 24.2 Å². The van der Waals surface area contributed by atoms with Gasteiger partial charge in [0.05, 0.1) is 43.7 Å². The number of nitrogens with zero attached hydrogens (tertiary/aromatic N) is 6. The smallest absolute Gasteiger partial charge is 0.410 e. The number of benzene rings is 1. The van der Waals surface area contributed by atoms with E-state index in [4.69, 9.17) is 24.5 Å². The van der Waals surface area contributed by atoms with Crippen molar-refractivity contribution in [2.24, 2.45) is 11.3 Å². The highest BCUT2D eigenvalue weighted by Gasteiger charge is 2.51. The third kappa shape index (κ3) is 6.40. The lowest BCUT2D eigenvalue weighted by atomic mass is 9.51. The summed E-state index contributed by atoms with van der Waals surface area (Å²) in [5, 5.41) is 14.3. The quantitative estimate of drug-likeness (QED) is 0.267. The minimum absolute atomic E-state index is 0.0104. The highest BCUT2D eigenvalue weighted by molar-refractivity contribution is 5.93. The molecule has 5 saturated carbocycles. The van der Waals surface area contributed by atoms with Crippen molar-refractivity contribution in [3.8, 4) is 17.0 Å². The number of fused-ring (bicyclic) bond motifs is 3. The van der Waals surface area contributed by atoms with E-state index in [-0.39, 0.29) is 40.4 Å². The van der Waals surface area contributed by atoms with E-state index in [0.29, 0.717) is 51.3 Å². The number of aliphatic hydroxyl groups is 1. The van der Waals surface area contributed by atoms with Crippen molar-refractivity contribution in [1.82, 2.24) is 24.6 Å². The summed E-state index contributed by atoms with van der Waals surface area (Å²) in [4.78, 5) is 40.4. The van der Waals surface area contributed by atoms with Crippen molar-refractivity contribution >= 4 is 17.9 Å². The maximum absolute atomic E-state index is 14.7. The Morgan fingerprint density at radius 1 is 1.00 bits per heavy atom. The van der Waals surface area contributed by atoms with Crippen LogP contribution in [0.5, 0.6) is 5.75 Å². The van der Waals surface area contributed by atoms with Crippen LogP contribution in [0, 0.1) is 18.3 Å². The van der Waals surface area contributed by atoms with Gasteiger partial charge in [-0.05, 0) is 131 Å². The van der Waals surface area contributed by atoms with E-state index in [1.165, 1.54) is 22.4 Å². The number of amides is 2. The van der Waals surface area contributed by atoms with E-state index >= 15 is 0 Å². The van der Waals surface area contributed by atoms with Gasteiger partial charge in [0, 0.05) is 30.4 Å². The maximum Gasteiger partial charge on any atom is 0.410 e. The van der Waals surface area contributed by atoms with Gasteiger partial charge < -0.3 is 19.5 Å². The van der Waals surface area contributed by atoms with Crippen LogP contribution in [-0.2, 0) is 20.5 Å². The number of aliphatic hydroxyl groups excluding tert-OH is 1. The molecule has 0 atom stereocenters. The summed E-state index contributed by atoms with van der Waals surface area (Å²) in [6.45, 7) is 5.63. The maximum atomic E-state index is 14.7. The summed E-state index contributed by atoms with van der Waals surface area (Å²) in [6, 6.07) is 8.60. The average molecular weight is 697 g/mol. The van der Waals surface area contributed by atoms with E-state index in [2.05, 4.69) is 42.9 Å². The molecular formula is C40H52N6O5. The van der Waals surface area contributed by atoms with E-state index in [0.717, 1.165) is 68.4 Å². The largest absolute Gasteiger partial charge is 0.496 e. The van der Waals surface area contributed by atoms with Crippen LogP contribution < -0.4 is 9.64 Å². The molecule has 5 aliphatic carbocycles. The molecule has 11 nitrogen and oxygen atoms in total. The molecule has 3 aromatic rings. The van der Waals surface area contributed by atoms with E-state index in [1.807, 2.05) is 17.2 Å². The first-order valence-electron chi connectivity index (χ1n) is 19.1. The Hall–Kier alpha value is -3.99. The third-order valence-corrected chi connectivity index (χ3v) is 13.3. The van der Waals surface area contributed by atoms with Crippen LogP contribution in [0.3, 0.4) is 0 Å². The minimum Gasteiger partial charge on any atom is -0.496 e. The third-order valence-electron chi connectivity index (χ3n) is 13.3. The number of hydrogen-bond donors (Lipinski definition) is 1. The van der Waals surface area contributed by atoms with Crippen LogP contribution in [0.4, 0.5) is 10.7 Å². The van der Waals surface area contributed by atoms with Crippen LogP contribution in [0.1, 0.15) is 102 Å². The van der Waals surface area contributed by atoms with Gasteiger partial charge in [-0.25, -0.2) is 14.8 Å². The average Bonchev–Trinajstić information content (AvgIpc) is 3.63. The van der Waals surface area contributed by atoms with Gasteiger partial charge in [-0.2, -0.15) is 5.10 Å². The van der Waals surface area contributed by atoms with Gasteiger partial charge in [0.25, 0.3) is 0 Å². The number of carbonyl (C=O) groups excluding carboxylic acids is 2. The summed E-state index contributed by atoms with van der Waals surface area (Å²) in [5.41, 5.74) is 4.54. The molecule has 0 spiro atoms. The number of aryl methyl sites for hydroxylation is 1. The van der Waals surface area contributed by atoms with Crippen LogP contribution in [-0.4, -0.2) is 80.7 Å². The molecule has 9 rings (SSSR count). The highest BCUT2D eigenvalue weighted by atomic mass is 16.6. The van der Waals surface area contributed by atoms with Crippen LogP contribution in [0.15, 0.2) is 42.9 Å². The SMILES string of the molecule is COc1ccc(C23CCC(CN(C(=O)C4CCC(OC(=O)N5CC(O)C5)CC4)c4nccc(-c5cnn(C6(C)CCC6)c5)n4)(CC2)CC3)cc1C. The lowest BCUT2D eigenvalue weighted by Crippen LogP contribution is -2.54. The molecule has 0 radical (unpaired) electrons. The number of ether oxygens (including phenoxy) is 2. The van der Waals surface area contributed by atoms with E-state index in [1.54, 1.807) is 13.3 Å². The normalized spacial score (nSPS) is 28.4. The van der Waals surface area contributed by atoms with Crippen molar-refractivity contribution in [3.63, 3.8) is 0 Å². The molecule has 6 aliphatic rings. The van der Waals surface area contributed by atoms with Crippen LogP contribution >= 0.6 is 0 Å². The Bertz CT molecular complexity index is 1750. The fourth-order valence-electron chi connectivity index (χ4n) is 9.50. The first-order valence-corrected chi connectivity index (χ1v) is 19.1. The summed E-state index contributed by atoms with van der Waals surface area (Å²) in [5.74, 6) is 1.28. The first-order chi connectivity index (χ1) is 24.6. The van der Waals surface area contributed by atoms with Crippen LogP contribution in [0.25, 0.3) is 11.3 Å². The number of aromatic nitrogens is 4. The van der Waals surface area contributed by atoms with Gasteiger partial charge in [-0.15, -0.1) is 0 Å². The number of methoxy groups -OCH3 is 1. The Morgan fingerprint density at radius 3 is 2.35 bits per heavy atom. The van der Waals surface area contributed by atoms with Crippen LogP contribution in [0.2, 0.25) is 0 Å². The fraction of sp³-hybridized carbons (Fsp3) is 0.625. The monoisotopic (exact) mass is 696 g/mol. The van der Waals surface area contributed by atoms with Gasteiger partial charge >= 0.3 is 6.09 Å². The molecule has 1 aromatic carbocycles. The van der Waals surface area contributed by atoms with Gasteiger partial charge in [0.2, 0.25) is 11.9 Å². The van der Waals surface area contributed by atoms with E-state index < -0.39 is 6.10 Å². The Balaban J connectivity index is 1.01. The molecular weight excluding hydrogens is 644 g/mol. The molecule has 0 unspecified atom stereocenters. The molecule has 2 amide bonds. The lowest BCUT2D eigenvalue weighted by Gasteiger charge is -2.55. The Morgan fingerprint density at radius 2 is 1.73 bits per heavy atom. The van der Waals surface area contributed by atoms with Gasteiger partial charge in [0.1, 0.15) is 11.9 Å². The molecule has 11 heteroatoms. The summed E-state index contributed by atoms with van der Waals surface area (Å²) in [6.07, 6.45) is 17.2. The second-order valence-electron chi connectivity index (χ2n) is 16.6. The molecule has 2 bridgehead atoms. The number of anilines is 1. The highest BCUT2D eigenvalue weighted by Crippen LogP contribution is 2.58. The minimum atomic E-state index is -0.462. The lowest BCUT2D eigenvalue weighted by molar-refractivity contribution is -0.125. The zero-order valence-corrected chi connectivity index (χ0v) is 30.4. The zero-order chi connectivity index (χ0) is 35.4. The zero-order valence-electron chi connectivity index (χ0n) is 30.4. The number of hydrogen-bond acceptors (Lipinski definition) is 8. The molecule has 6 fully saturated rings. The second kappa shape index (κ2) is 13.2. The van der Waals surface area contributed by atoms with Gasteiger partial charge in [-0.3, -0.25) is 14.4 Å². The summed E-state index contributed by atoms with van der Waals surface area (Å²) < 4.78 is 13.4. The number of β-amino-alcohol motifs (C(OH)–C–C–N with tert-alkyl or cyclic N) is 1. The Kier molecular flexibility index (Phi) is 8.83. The molecule has 2 aromatic heterocycles. The van der Waals surface area contributed by atoms with Crippen molar-refractivity contribution in [3.05, 3.63) is 54.0 Å². The first kappa shape index (κ1) is 34.1. The standard InChI is InChI=1S/C40H52N6O5/c1-27-21-30(7-10-34(27)50-3)40-17-14-39(15-18-40,16-19-40)26-45(35(48)28-5-8-32(9-6-28)51-37(49)44-24-31(47)25-44)36-41-20-11-33(43-36)29-22-42-46(23-29)38(2)12-4-13-38/h7,10-11,20-23,28,31-32,47H,4-6,8-9,12-19,24-26H2,1-3H3. The van der Waals surface area contributed by atoms with Gasteiger partial charge in [0.15, 0.2) is 0 Å². The molecule has 1 N–H and O–H groups in total. The van der Waals surface area contributed by atoms with E-state index in [9.17, 15) is 14.7 Å².